The van der Waals surface area contributed by atoms with Gasteiger partial charge in [0.05, 0.1) is 12.3 Å². The number of aryl methyl sites for hydroxylation is 1. The van der Waals surface area contributed by atoms with Gasteiger partial charge < -0.3 is 10.4 Å². The van der Waals surface area contributed by atoms with Gasteiger partial charge in [-0.15, -0.1) is 0 Å². The second-order valence-corrected chi connectivity index (χ2v) is 5.38. The molecule has 1 heterocycles. The first-order valence-corrected chi connectivity index (χ1v) is 7.03. The average molecular weight is 273 g/mol. The maximum atomic E-state index is 10.3. The smallest absolute Gasteiger partial charge is 0.0730 e. The summed E-state index contributed by atoms with van der Waals surface area (Å²) in [6, 6.07) is 10.3. The van der Waals surface area contributed by atoms with Crippen molar-refractivity contribution in [2.24, 2.45) is 7.05 Å². The van der Waals surface area contributed by atoms with E-state index in [1.54, 1.807) is 4.68 Å². The highest BCUT2D eigenvalue weighted by atomic mass is 16.3. The van der Waals surface area contributed by atoms with E-state index in [1.807, 2.05) is 56.7 Å². The normalized spacial score (nSPS) is 15.8. The molecule has 3 atom stereocenters. The van der Waals surface area contributed by atoms with Crippen LogP contribution in [0.1, 0.15) is 31.0 Å². The molecule has 0 unspecified atom stereocenters. The average Bonchev–Trinajstić information content (AvgIpc) is 2.86. The van der Waals surface area contributed by atoms with E-state index in [4.69, 9.17) is 0 Å². The van der Waals surface area contributed by atoms with E-state index in [0.29, 0.717) is 6.42 Å². The highest BCUT2D eigenvalue weighted by Gasteiger charge is 2.18. The molecule has 0 bridgehead atoms. The van der Waals surface area contributed by atoms with Crippen molar-refractivity contribution < 1.29 is 5.11 Å². The first-order chi connectivity index (χ1) is 9.56. The molecule has 0 amide bonds. The third-order valence-electron chi connectivity index (χ3n) is 3.60. The lowest BCUT2D eigenvalue weighted by Crippen LogP contribution is -2.39. The fraction of sp³-hybridized carbons (Fsp3) is 0.438. The minimum Gasteiger partial charge on any atom is -0.391 e. The van der Waals surface area contributed by atoms with Gasteiger partial charge in [0.2, 0.25) is 0 Å². The van der Waals surface area contributed by atoms with Crippen molar-refractivity contribution in [3.63, 3.8) is 0 Å². The van der Waals surface area contributed by atoms with Gasteiger partial charge in [0.25, 0.3) is 0 Å². The summed E-state index contributed by atoms with van der Waals surface area (Å²) in [4.78, 5) is 0. The van der Waals surface area contributed by atoms with Gasteiger partial charge >= 0.3 is 0 Å². The van der Waals surface area contributed by atoms with E-state index in [0.717, 1.165) is 11.1 Å². The molecule has 0 saturated carbocycles. The largest absolute Gasteiger partial charge is 0.391 e. The molecule has 0 aliphatic heterocycles. The Bertz CT molecular complexity index is 524. The maximum Gasteiger partial charge on any atom is 0.0730 e. The molecule has 0 aliphatic carbocycles. The Morgan fingerprint density at radius 1 is 1.25 bits per heavy atom. The van der Waals surface area contributed by atoms with Crippen molar-refractivity contribution >= 4 is 0 Å². The van der Waals surface area contributed by atoms with E-state index in [9.17, 15) is 5.11 Å². The van der Waals surface area contributed by atoms with Gasteiger partial charge in [-0.2, -0.15) is 5.10 Å². The minimum atomic E-state index is -0.406. The topological polar surface area (TPSA) is 50.1 Å². The molecule has 4 nitrogen and oxygen atoms in total. The predicted octanol–water partition coefficient (Wildman–Crippen LogP) is 2.06. The third-order valence-corrected chi connectivity index (χ3v) is 3.60. The molecular weight excluding hydrogens is 250 g/mol. The fourth-order valence-electron chi connectivity index (χ4n) is 2.30. The molecule has 1 aromatic carbocycles. The summed E-state index contributed by atoms with van der Waals surface area (Å²) in [5.41, 5.74) is 2.29. The predicted molar refractivity (Wildman–Crippen MR) is 80.4 cm³/mol. The van der Waals surface area contributed by atoms with Crippen LogP contribution < -0.4 is 5.32 Å². The first kappa shape index (κ1) is 14.8. The molecule has 2 N–H and O–H groups in total. The second-order valence-electron chi connectivity index (χ2n) is 5.38. The van der Waals surface area contributed by atoms with Gasteiger partial charge in [0.15, 0.2) is 0 Å². The van der Waals surface area contributed by atoms with Crippen molar-refractivity contribution in [3.05, 3.63) is 53.9 Å². The zero-order valence-corrected chi connectivity index (χ0v) is 12.3. The van der Waals surface area contributed by atoms with Crippen LogP contribution in [0.25, 0.3) is 0 Å². The Labute approximate surface area is 120 Å². The Balaban J connectivity index is 1.89. The quantitative estimate of drug-likeness (QED) is 0.847. The number of aliphatic hydroxyl groups excluding tert-OH is 1. The highest BCUT2D eigenvalue weighted by Crippen LogP contribution is 2.13. The van der Waals surface area contributed by atoms with E-state index in [-0.39, 0.29) is 12.1 Å². The molecule has 108 valence electrons. The summed E-state index contributed by atoms with van der Waals surface area (Å²) in [6.07, 6.45) is 4.10. The summed E-state index contributed by atoms with van der Waals surface area (Å²) in [6.45, 7) is 4.10. The molecule has 0 radical (unpaired) electrons. The first-order valence-electron chi connectivity index (χ1n) is 7.03. The molecule has 0 spiro atoms. The van der Waals surface area contributed by atoms with Gasteiger partial charge in [0.1, 0.15) is 0 Å². The molecule has 0 saturated heterocycles. The minimum absolute atomic E-state index is 0.0189. The Kier molecular flexibility index (Phi) is 4.93. The monoisotopic (exact) mass is 273 g/mol. The second kappa shape index (κ2) is 6.68. The molecular formula is C16H23N3O. The summed E-state index contributed by atoms with van der Waals surface area (Å²) in [5, 5.41) is 17.9. The molecule has 0 fully saturated rings. The van der Waals surface area contributed by atoms with Crippen molar-refractivity contribution in [3.8, 4) is 0 Å². The number of rotatable bonds is 6. The summed E-state index contributed by atoms with van der Waals surface area (Å²) < 4.78 is 1.79. The van der Waals surface area contributed by atoms with Gasteiger partial charge in [-0.1, -0.05) is 30.3 Å². The number of benzene rings is 1. The summed E-state index contributed by atoms with van der Waals surface area (Å²) in [5.74, 6) is 0. The van der Waals surface area contributed by atoms with Gasteiger partial charge in [-0.05, 0) is 25.8 Å². The van der Waals surface area contributed by atoms with Crippen molar-refractivity contribution in [2.45, 2.75) is 38.5 Å². The lowest BCUT2D eigenvalue weighted by molar-refractivity contribution is 0.129. The number of hydrogen-bond acceptors (Lipinski definition) is 3. The number of aromatic nitrogens is 2. The standard InChI is InChI=1S/C16H23N3O/c1-12(15-10-17-19(3)11-15)18-13(2)16(20)9-14-7-5-4-6-8-14/h4-8,10-13,16,18,20H,9H2,1-3H3/t12-,13-,16-/m0/s1. The molecule has 20 heavy (non-hydrogen) atoms. The molecule has 4 heteroatoms. The number of aliphatic hydroxyl groups is 1. The summed E-state index contributed by atoms with van der Waals surface area (Å²) >= 11 is 0. The third kappa shape index (κ3) is 3.92. The zero-order valence-electron chi connectivity index (χ0n) is 12.3. The SMILES string of the molecule is C[C@H](N[C@@H](C)[C@@H](O)Cc1ccccc1)c1cnn(C)c1. The van der Waals surface area contributed by atoms with Crippen molar-refractivity contribution in [2.75, 3.05) is 0 Å². The van der Waals surface area contributed by atoms with Crippen LogP contribution in [0.3, 0.4) is 0 Å². The number of nitrogens with zero attached hydrogens (tertiary/aromatic N) is 2. The molecule has 2 aromatic rings. The molecule has 1 aromatic heterocycles. The van der Waals surface area contributed by atoms with Crippen LogP contribution in [0, 0.1) is 0 Å². The van der Waals surface area contributed by atoms with Crippen LogP contribution in [0.15, 0.2) is 42.7 Å². The van der Waals surface area contributed by atoms with E-state index >= 15 is 0 Å². The maximum absolute atomic E-state index is 10.3. The Hall–Kier alpha value is -1.65. The number of nitrogens with one attached hydrogen (secondary N) is 1. The highest BCUT2D eigenvalue weighted by molar-refractivity contribution is 5.16. The lowest BCUT2D eigenvalue weighted by atomic mass is 10.0. The van der Waals surface area contributed by atoms with Gasteiger partial charge in [-0.25, -0.2) is 0 Å². The van der Waals surface area contributed by atoms with Crippen LogP contribution in [-0.2, 0) is 13.5 Å². The lowest BCUT2D eigenvalue weighted by Gasteiger charge is -2.24. The van der Waals surface area contributed by atoms with E-state index in [2.05, 4.69) is 17.3 Å². The van der Waals surface area contributed by atoms with Crippen LogP contribution in [0.5, 0.6) is 0 Å². The van der Waals surface area contributed by atoms with Crippen LogP contribution >= 0.6 is 0 Å². The van der Waals surface area contributed by atoms with E-state index < -0.39 is 6.10 Å². The molecule has 2 rings (SSSR count). The Morgan fingerprint density at radius 3 is 2.55 bits per heavy atom. The summed E-state index contributed by atoms with van der Waals surface area (Å²) in [7, 11) is 1.91. The zero-order chi connectivity index (χ0) is 14.5. The van der Waals surface area contributed by atoms with Crippen molar-refractivity contribution in [1.82, 2.24) is 15.1 Å². The van der Waals surface area contributed by atoms with Crippen molar-refractivity contribution in [1.29, 1.82) is 0 Å². The van der Waals surface area contributed by atoms with Crippen LogP contribution in [0.2, 0.25) is 0 Å². The fourth-order valence-corrected chi connectivity index (χ4v) is 2.30. The van der Waals surface area contributed by atoms with E-state index in [1.165, 1.54) is 0 Å². The number of hydrogen-bond donors (Lipinski definition) is 2. The van der Waals surface area contributed by atoms with Crippen LogP contribution in [0.4, 0.5) is 0 Å². The van der Waals surface area contributed by atoms with Gasteiger partial charge in [-0.3, -0.25) is 4.68 Å². The Morgan fingerprint density at radius 2 is 1.95 bits per heavy atom. The van der Waals surface area contributed by atoms with Gasteiger partial charge in [0, 0.05) is 30.9 Å². The van der Waals surface area contributed by atoms with Crippen LogP contribution in [-0.4, -0.2) is 27.0 Å². The molecule has 0 aliphatic rings.